The number of thioether (sulfide) groups is 1. The lowest BCUT2D eigenvalue weighted by molar-refractivity contribution is 0.638. The zero-order valence-corrected chi connectivity index (χ0v) is 10.9. The van der Waals surface area contributed by atoms with Gasteiger partial charge in [0, 0.05) is 17.5 Å². The third-order valence-electron chi connectivity index (χ3n) is 3.32. The predicted molar refractivity (Wildman–Crippen MR) is 73.0 cm³/mol. The molecule has 5 nitrogen and oxygen atoms in total. The lowest BCUT2D eigenvalue weighted by Crippen LogP contribution is -2.30. The second kappa shape index (κ2) is 5.55. The molecule has 0 radical (unpaired) electrons. The fourth-order valence-electron chi connectivity index (χ4n) is 2.25. The highest BCUT2D eigenvalue weighted by atomic mass is 32.2. The van der Waals surface area contributed by atoms with Crippen LogP contribution >= 0.6 is 11.8 Å². The van der Waals surface area contributed by atoms with Gasteiger partial charge in [0.2, 0.25) is 5.95 Å². The number of nitrogens with one attached hydrogen (secondary N) is 2. The van der Waals surface area contributed by atoms with Crippen LogP contribution in [0.5, 0.6) is 0 Å². The molecule has 1 fully saturated rings. The molecule has 0 unspecified atom stereocenters. The SMILES string of the molecule is CSC1(CNc2ccnc(NN)n2)CCCC1. The Labute approximate surface area is 106 Å². The van der Waals surface area contributed by atoms with E-state index >= 15 is 0 Å². The van der Waals surface area contributed by atoms with Crippen molar-refractivity contribution in [3.8, 4) is 0 Å². The Hall–Kier alpha value is -1.01. The summed E-state index contributed by atoms with van der Waals surface area (Å²) in [6.07, 6.45) is 9.14. The van der Waals surface area contributed by atoms with Crippen LogP contribution in [-0.2, 0) is 0 Å². The fourth-order valence-corrected chi connectivity index (χ4v) is 3.16. The molecule has 1 saturated carbocycles. The fraction of sp³-hybridized carbons (Fsp3) is 0.636. The molecular weight excluding hydrogens is 234 g/mol. The summed E-state index contributed by atoms with van der Waals surface area (Å²) in [6, 6.07) is 1.86. The lowest BCUT2D eigenvalue weighted by atomic mass is 10.1. The van der Waals surface area contributed by atoms with Crippen molar-refractivity contribution in [3.05, 3.63) is 12.3 Å². The summed E-state index contributed by atoms with van der Waals surface area (Å²) >= 11 is 1.96. The van der Waals surface area contributed by atoms with E-state index in [4.69, 9.17) is 5.84 Å². The number of aromatic nitrogens is 2. The Morgan fingerprint density at radius 1 is 1.47 bits per heavy atom. The Morgan fingerprint density at radius 2 is 2.24 bits per heavy atom. The summed E-state index contributed by atoms with van der Waals surface area (Å²) in [5, 5.41) is 3.39. The molecule has 0 saturated heterocycles. The van der Waals surface area contributed by atoms with E-state index in [-0.39, 0.29) is 0 Å². The van der Waals surface area contributed by atoms with Gasteiger partial charge in [-0.3, -0.25) is 5.43 Å². The molecule has 0 amide bonds. The first kappa shape index (κ1) is 12.4. The average Bonchev–Trinajstić information content (AvgIpc) is 2.86. The smallest absolute Gasteiger partial charge is 0.239 e. The molecule has 4 N–H and O–H groups in total. The summed E-state index contributed by atoms with van der Waals surface area (Å²) in [5.74, 6) is 6.55. The largest absolute Gasteiger partial charge is 0.369 e. The summed E-state index contributed by atoms with van der Waals surface area (Å²) in [4.78, 5) is 8.23. The van der Waals surface area contributed by atoms with Gasteiger partial charge in [0.05, 0.1) is 0 Å². The number of nitrogens with zero attached hydrogens (tertiary/aromatic N) is 2. The molecule has 94 valence electrons. The summed E-state index contributed by atoms with van der Waals surface area (Å²) in [6.45, 7) is 0.954. The van der Waals surface area contributed by atoms with E-state index in [2.05, 4.69) is 27.0 Å². The molecule has 0 bridgehead atoms. The van der Waals surface area contributed by atoms with Crippen LogP contribution in [0.15, 0.2) is 12.3 Å². The predicted octanol–water partition coefficient (Wildman–Crippen LogP) is 1.85. The van der Waals surface area contributed by atoms with Crippen LogP contribution in [0.25, 0.3) is 0 Å². The zero-order chi connectivity index (χ0) is 12.1. The first-order valence-electron chi connectivity index (χ1n) is 5.87. The molecule has 0 aliphatic heterocycles. The van der Waals surface area contributed by atoms with Gasteiger partial charge < -0.3 is 5.32 Å². The number of rotatable bonds is 5. The maximum absolute atomic E-state index is 5.28. The highest BCUT2D eigenvalue weighted by molar-refractivity contribution is 8.00. The molecule has 0 spiro atoms. The summed E-state index contributed by atoms with van der Waals surface area (Å²) in [5.41, 5.74) is 2.45. The normalized spacial score (nSPS) is 18.0. The van der Waals surface area contributed by atoms with Crippen molar-refractivity contribution in [2.75, 3.05) is 23.5 Å². The molecule has 17 heavy (non-hydrogen) atoms. The van der Waals surface area contributed by atoms with Crippen molar-refractivity contribution >= 4 is 23.5 Å². The molecule has 1 aliphatic rings. The van der Waals surface area contributed by atoms with E-state index < -0.39 is 0 Å². The van der Waals surface area contributed by atoms with Gasteiger partial charge in [-0.25, -0.2) is 10.8 Å². The van der Waals surface area contributed by atoms with E-state index in [0.29, 0.717) is 10.7 Å². The lowest BCUT2D eigenvalue weighted by Gasteiger charge is -2.27. The van der Waals surface area contributed by atoms with Crippen LogP contribution in [0.1, 0.15) is 25.7 Å². The minimum Gasteiger partial charge on any atom is -0.369 e. The van der Waals surface area contributed by atoms with E-state index in [1.54, 1.807) is 6.20 Å². The number of nitrogen functional groups attached to an aromatic ring is 1. The monoisotopic (exact) mass is 253 g/mol. The Bertz CT molecular complexity index is 365. The highest BCUT2D eigenvalue weighted by Crippen LogP contribution is 2.40. The quantitative estimate of drug-likeness (QED) is 0.549. The molecule has 0 aromatic carbocycles. The van der Waals surface area contributed by atoms with Gasteiger partial charge in [0.25, 0.3) is 0 Å². The molecule has 6 heteroatoms. The second-order valence-electron chi connectivity index (χ2n) is 4.36. The minimum absolute atomic E-state index is 0.376. The molecule has 0 atom stereocenters. The van der Waals surface area contributed by atoms with Crippen molar-refractivity contribution in [3.63, 3.8) is 0 Å². The first-order valence-corrected chi connectivity index (χ1v) is 7.09. The molecule has 1 heterocycles. The van der Waals surface area contributed by atoms with Crippen LogP contribution in [0.4, 0.5) is 11.8 Å². The summed E-state index contributed by atoms with van der Waals surface area (Å²) < 4.78 is 0.376. The van der Waals surface area contributed by atoms with Gasteiger partial charge in [-0.05, 0) is 25.2 Å². The topological polar surface area (TPSA) is 75.9 Å². The molecular formula is C11H19N5S. The van der Waals surface area contributed by atoms with Crippen LogP contribution < -0.4 is 16.6 Å². The van der Waals surface area contributed by atoms with Gasteiger partial charge in [-0.2, -0.15) is 16.7 Å². The van der Waals surface area contributed by atoms with Crippen molar-refractivity contribution in [2.24, 2.45) is 5.84 Å². The van der Waals surface area contributed by atoms with Crippen LogP contribution in [-0.4, -0.2) is 27.5 Å². The van der Waals surface area contributed by atoms with E-state index in [0.717, 1.165) is 12.4 Å². The van der Waals surface area contributed by atoms with Gasteiger partial charge in [-0.15, -0.1) is 0 Å². The Balaban J connectivity index is 1.96. The Kier molecular flexibility index (Phi) is 4.06. The van der Waals surface area contributed by atoms with Crippen molar-refractivity contribution in [1.29, 1.82) is 0 Å². The maximum Gasteiger partial charge on any atom is 0.239 e. The van der Waals surface area contributed by atoms with Gasteiger partial charge in [0.15, 0.2) is 0 Å². The van der Waals surface area contributed by atoms with Gasteiger partial charge >= 0.3 is 0 Å². The first-order chi connectivity index (χ1) is 8.28. The van der Waals surface area contributed by atoms with Crippen LogP contribution in [0.2, 0.25) is 0 Å². The van der Waals surface area contributed by atoms with Crippen molar-refractivity contribution < 1.29 is 0 Å². The van der Waals surface area contributed by atoms with Crippen LogP contribution in [0.3, 0.4) is 0 Å². The van der Waals surface area contributed by atoms with E-state index in [1.165, 1.54) is 25.7 Å². The maximum atomic E-state index is 5.28. The summed E-state index contributed by atoms with van der Waals surface area (Å²) in [7, 11) is 0. The molecule has 1 aromatic rings. The van der Waals surface area contributed by atoms with Crippen LogP contribution in [0, 0.1) is 0 Å². The number of nitrogens with two attached hydrogens (primary N) is 1. The number of hydrazine groups is 1. The van der Waals surface area contributed by atoms with Gasteiger partial charge in [0.1, 0.15) is 5.82 Å². The molecule has 1 aliphatic carbocycles. The minimum atomic E-state index is 0.376. The Morgan fingerprint density at radius 3 is 2.88 bits per heavy atom. The molecule has 2 rings (SSSR count). The number of hydrogen-bond donors (Lipinski definition) is 3. The van der Waals surface area contributed by atoms with Gasteiger partial charge in [-0.1, -0.05) is 12.8 Å². The average molecular weight is 253 g/mol. The van der Waals surface area contributed by atoms with Crippen molar-refractivity contribution in [1.82, 2.24) is 9.97 Å². The van der Waals surface area contributed by atoms with E-state index in [1.807, 2.05) is 17.8 Å². The number of anilines is 2. The second-order valence-corrected chi connectivity index (χ2v) is 5.63. The van der Waals surface area contributed by atoms with E-state index in [9.17, 15) is 0 Å². The number of hydrogen-bond acceptors (Lipinski definition) is 6. The third-order valence-corrected chi connectivity index (χ3v) is 4.74. The third kappa shape index (κ3) is 3.01. The molecule has 1 aromatic heterocycles. The highest BCUT2D eigenvalue weighted by Gasteiger charge is 2.32. The standard InChI is InChI=1S/C11H19N5S/c1-17-11(5-2-3-6-11)8-14-9-4-7-13-10(15-9)16-12/h4,7H,2-3,5-6,8,12H2,1H3,(H2,13,14,15,16). The van der Waals surface area contributed by atoms with Crippen molar-refractivity contribution in [2.45, 2.75) is 30.4 Å². The zero-order valence-electron chi connectivity index (χ0n) is 10.1.